The molecule has 0 bridgehead atoms. The zero-order chi connectivity index (χ0) is 18.4. The zero-order valence-corrected chi connectivity index (χ0v) is 14.8. The third-order valence-corrected chi connectivity index (χ3v) is 4.24. The molecule has 0 saturated carbocycles. The first-order valence-electron chi connectivity index (χ1n) is 8.46. The van der Waals surface area contributed by atoms with Crippen molar-refractivity contribution < 1.29 is 9.53 Å². The molecule has 0 aliphatic heterocycles. The second-order valence-electron chi connectivity index (χ2n) is 5.87. The van der Waals surface area contributed by atoms with Crippen LogP contribution in [0.15, 0.2) is 48.5 Å². The van der Waals surface area contributed by atoms with Crippen LogP contribution in [0.5, 0.6) is 5.75 Å². The Balaban J connectivity index is 1.82. The van der Waals surface area contributed by atoms with E-state index in [9.17, 15) is 4.79 Å². The number of tetrazole rings is 1. The lowest BCUT2D eigenvalue weighted by Crippen LogP contribution is -2.24. The molecule has 0 aliphatic carbocycles. The highest BCUT2D eigenvalue weighted by Crippen LogP contribution is 2.23. The summed E-state index contributed by atoms with van der Waals surface area (Å²) in [5.74, 6) is 0.425. The molecule has 1 heterocycles. The summed E-state index contributed by atoms with van der Waals surface area (Å²) in [4.78, 5) is 12.9. The van der Waals surface area contributed by atoms with E-state index in [1.54, 1.807) is 7.11 Å². The fraction of sp³-hybridized carbons (Fsp3) is 0.263. The molecule has 2 aromatic carbocycles. The van der Waals surface area contributed by atoms with Crippen molar-refractivity contribution in [1.82, 2.24) is 20.6 Å². The number of aromatic nitrogens is 4. The zero-order valence-electron chi connectivity index (χ0n) is 14.8. The number of para-hydroxylation sites is 1. The molecule has 0 radical (unpaired) electrons. The molecule has 3 rings (SSSR count). The van der Waals surface area contributed by atoms with Crippen molar-refractivity contribution in [2.24, 2.45) is 0 Å². The third-order valence-electron chi connectivity index (χ3n) is 4.24. The van der Waals surface area contributed by atoms with Gasteiger partial charge in [0, 0.05) is 5.69 Å². The molecule has 0 spiro atoms. The molecule has 2 N–H and O–H groups in total. The number of benzene rings is 2. The van der Waals surface area contributed by atoms with Gasteiger partial charge in [0.15, 0.2) is 5.82 Å². The van der Waals surface area contributed by atoms with Crippen molar-refractivity contribution in [3.8, 4) is 5.75 Å². The van der Waals surface area contributed by atoms with Gasteiger partial charge in [-0.3, -0.25) is 4.79 Å². The number of ether oxygens (including phenoxy) is 1. The first kappa shape index (κ1) is 17.6. The minimum absolute atomic E-state index is 0.164. The van der Waals surface area contributed by atoms with E-state index in [2.05, 4.69) is 32.9 Å². The molecular formula is C19H21N5O2. The Kier molecular flexibility index (Phi) is 5.58. The summed E-state index contributed by atoms with van der Waals surface area (Å²) in [7, 11) is 1.62. The van der Waals surface area contributed by atoms with Crippen LogP contribution in [0.1, 0.15) is 29.8 Å². The summed E-state index contributed by atoms with van der Waals surface area (Å²) in [5.41, 5.74) is 2.87. The van der Waals surface area contributed by atoms with Crippen LogP contribution in [0.4, 0.5) is 5.69 Å². The van der Waals surface area contributed by atoms with Gasteiger partial charge in [-0.2, -0.15) is 5.21 Å². The normalized spacial score (nSPS) is 11.8. The van der Waals surface area contributed by atoms with E-state index in [1.165, 1.54) is 0 Å². The van der Waals surface area contributed by atoms with Crippen molar-refractivity contribution in [3.05, 3.63) is 65.5 Å². The molecule has 1 amide bonds. The number of nitrogens with zero attached hydrogens (tertiary/aromatic N) is 3. The molecule has 1 aromatic heterocycles. The Bertz CT molecular complexity index is 847. The van der Waals surface area contributed by atoms with Crippen molar-refractivity contribution >= 4 is 11.6 Å². The highest BCUT2D eigenvalue weighted by molar-refractivity contribution is 5.96. The smallest absolute Gasteiger partial charge is 0.235 e. The third kappa shape index (κ3) is 4.05. The highest BCUT2D eigenvalue weighted by atomic mass is 16.5. The summed E-state index contributed by atoms with van der Waals surface area (Å²) in [5, 5.41) is 17.1. The van der Waals surface area contributed by atoms with E-state index >= 15 is 0 Å². The minimum atomic E-state index is -0.549. The Labute approximate surface area is 151 Å². The number of hydrogen-bond donors (Lipinski definition) is 2. The molecule has 7 heteroatoms. The SMILES string of the molecule is CCc1ccccc1NC(=O)[C@@H](Cc1ccc(OC)cc1)c1nn[nH]n1. The van der Waals surface area contributed by atoms with Gasteiger partial charge in [0.05, 0.1) is 7.11 Å². The fourth-order valence-electron chi connectivity index (χ4n) is 2.79. The number of aromatic amines is 1. The van der Waals surface area contributed by atoms with Crippen LogP contribution >= 0.6 is 0 Å². The van der Waals surface area contributed by atoms with Crippen LogP contribution in [-0.2, 0) is 17.6 Å². The van der Waals surface area contributed by atoms with Gasteiger partial charge >= 0.3 is 0 Å². The van der Waals surface area contributed by atoms with E-state index in [0.29, 0.717) is 12.2 Å². The van der Waals surface area contributed by atoms with Crippen molar-refractivity contribution in [1.29, 1.82) is 0 Å². The summed E-state index contributed by atoms with van der Waals surface area (Å²) in [6.07, 6.45) is 1.30. The Morgan fingerprint density at radius 3 is 2.62 bits per heavy atom. The number of nitrogens with one attached hydrogen (secondary N) is 2. The van der Waals surface area contributed by atoms with Crippen LogP contribution in [0.25, 0.3) is 0 Å². The molecule has 0 aliphatic rings. The standard InChI is InChI=1S/C19H21N5O2/c1-3-14-6-4-5-7-17(14)20-19(25)16(18-21-23-24-22-18)12-13-8-10-15(26-2)11-9-13/h4-11,16H,3,12H2,1-2H3,(H,20,25)(H,21,22,23,24)/t16-/m0/s1. The molecular weight excluding hydrogens is 330 g/mol. The van der Waals surface area contributed by atoms with E-state index < -0.39 is 5.92 Å². The number of aryl methyl sites for hydroxylation is 1. The molecule has 3 aromatic rings. The van der Waals surface area contributed by atoms with Gasteiger partial charge in [-0.25, -0.2) is 0 Å². The monoisotopic (exact) mass is 351 g/mol. The summed E-state index contributed by atoms with van der Waals surface area (Å²) in [6, 6.07) is 15.4. The van der Waals surface area contributed by atoms with Gasteiger partial charge in [0.1, 0.15) is 11.7 Å². The van der Waals surface area contributed by atoms with Gasteiger partial charge in [0.2, 0.25) is 5.91 Å². The summed E-state index contributed by atoms with van der Waals surface area (Å²) in [6.45, 7) is 2.05. The number of carbonyl (C=O) groups excluding carboxylic acids is 1. The van der Waals surface area contributed by atoms with Crippen LogP contribution < -0.4 is 10.1 Å². The lowest BCUT2D eigenvalue weighted by atomic mass is 9.97. The largest absolute Gasteiger partial charge is 0.497 e. The van der Waals surface area contributed by atoms with Crippen LogP contribution in [0, 0.1) is 0 Å². The maximum Gasteiger partial charge on any atom is 0.235 e. The average molecular weight is 351 g/mol. The van der Waals surface area contributed by atoms with Crippen LogP contribution in [-0.4, -0.2) is 33.6 Å². The highest BCUT2D eigenvalue weighted by Gasteiger charge is 2.26. The van der Waals surface area contributed by atoms with Gasteiger partial charge in [-0.05, 0) is 42.2 Å². The van der Waals surface area contributed by atoms with Gasteiger partial charge in [0.25, 0.3) is 0 Å². The fourth-order valence-corrected chi connectivity index (χ4v) is 2.79. The van der Waals surface area contributed by atoms with Gasteiger partial charge in [-0.1, -0.05) is 42.5 Å². The molecule has 1 atom stereocenters. The van der Waals surface area contributed by atoms with Crippen LogP contribution in [0.2, 0.25) is 0 Å². The lowest BCUT2D eigenvalue weighted by molar-refractivity contribution is -0.117. The summed E-state index contributed by atoms with van der Waals surface area (Å²) >= 11 is 0. The van der Waals surface area contributed by atoms with Crippen molar-refractivity contribution in [3.63, 3.8) is 0 Å². The number of anilines is 1. The minimum Gasteiger partial charge on any atom is -0.497 e. The number of methoxy groups -OCH3 is 1. The quantitative estimate of drug-likeness (QED) is 0.683. The van der Waals surface area contributed by atoms with Crippen molar-refractivity contribution in [2.45, 2.75) is 25.7 Å². The lowest BCUT2D eigenvalue weighted by Gasteiger charge is -2.16. The number of amides is 1. The Morgan fingerprint density at radius 1 is 1.19 bits per heavy atom. The second-order valence-corrected chi connectivity index (χ2v) is 5.87. The predicted octanol–water partition coefficient (Wildman–Crippen LogP) is 2.74. The van der Waals surface area contributed by atoms with Crippen molar-refractivity contribution in [2.75, 3.05) is 12.4 Å². The molecule has 0 unspecified atom stereocenters. The Morgan fingerprint density at radius 2 is 1.96 bits per heavy atom. The first-order valence-corrected chi connectivity index (χ1v) is 8.46. The van der Waals surface area contributed by atoms with Gasteiger partial charge < -0.3 is 10.1 Å². The molecule has 0 saturated heterocycles. The number of hydrogen-bond acceptors (Lipinski definition) is 5. The maximum atomic E-state index is 12.9. The van der Waals surface area contributed by atoms with E-state index in [0.717, 1.165) is 29.0 Å². The molecule has 7 nitrogen and oxygen atoms in total. The first-order chi connectivity index (χ1) is 12.7. The average Bonchev–Trinajstić information content (AvgIpc) is 3.21. The molecule has 134 valence electrons. The maximum absolute atomic E-state index is 12.9. The second kappa shape index (κ2) is 8.24. The van der Waals surface area contributed by atoms with Gasteiger partial charge in [-0.15, -0.1) is 10.2 Å². The van der Waals surface area contributed by atoms with E-state index in [1.807, 2.05) is 48.5 Å². The van der Waals surface area contributed by atoms with Crippen LogP contribution in [0.3, 0.4) is 0 Å². The predicted molar refractivity (Wildman–Crippen MR) is 98.1 cm³/mol. The molecule has 0 fully saturated rings. The molecule has 26 heavy (non-hydrogen) atoms. The topological polar surface area (TPSA) is 92.8 Å². The van der Waals surface area contributed by atoms with E-state index in [4.69, 9.17) is 4.74 Å². The number of H-pyrrole nitrogens is 1. The summed E-state index contributed by atoms with van der Waals surface area (Å²) < 4.78 is 5.18. The number of carbonyl (C=O) groups is 1. The van der Waals surface area contributed by atoms with E-state index in [-0.39, 0.29) is 5.91 Å². The Hall–Kier alpha value is -3.22. The number of rotatable bonds is 7.